The molecule has 0 unspecified atom stereocenters. The molecule has 2 aromatic carbocycles. The summed E-state index contributed by atoms with van der Waals surface area (Å²) in [6, 6.07) is 12.9. The van der Waals surface area contributed by atoms with Gasteiger partial charge in [0.25, 0.3) is 0 Å². The molecule has 0 radical (unpaired) electrons. The molecule has 0 saturated heterocycles. The first-order chi connectivity index (χ1) is 8.56. The quantitative estimate of drug-likeness (QED) is 0.675. The molecule has 0 aliphatic rings. The SMILES string of the molecule is Cc1ccc(CC(=O)c2ccc(Cl)cc2N)cc1. The summed E-state index contributed by atoms with van der Waals surface area (Å²) < 4.78 is 0. The van der Waals surface area contributed by atoms with Crippen molar-refractivity contribution in [1.29, 1.82) is 0 Å². The number of halogens is 1. The molecule has 0 aliphatic heterocycles. The Hall–Kier alpha value is -1.80. The summed E-state index contributed by atoms with van der Waals surface area (Å²) in [5, 5.41) is 0.541. The molecule has 0 bridgehead atoms. The van der Waals surface area contributed by atoms with Crippen LogP contribution in [0.25, 0.3) is 0 Å². The van der Waals surface area contributed by atoms with Crippen LogP contribution in [0.4, 0.5) is 5.69 Å². The zero-order valence-corrected chi connectivity index (χ0v) is 10.9. The van der Waals surface area contributed by atoms with Crippen LogP contribution in [0.15, 0.2) is 42.5 Å². The smallest absolute Gasteiger partial charge is 0.169 e. The lowest BCUT2D eigenvalue weighted by molar-refractivity contribution is 0.0994. The van der Waals surface area contributed by atoms with Gasteiger partial charge in [-0.3, -0.25) is 4.79 Å². The number of nitrogen functional groups attached to an aromatic ring is 1. The highest BCUT2D eigenvalue weighted by molar-refractivity contribution is 6.31. The third-order valence-electron chi connectivity index (χ3n) is 2.80. The summed E-state index contributed by atoms with van der Waals surface area (Å²) in [5.41, 5.74) is 8.92. The maximum atomic E-state index is 12.1. The average molecular weight is 260 g/mol. The molecule has 0 aliphatic carbocycles. The number of hydrogen-bond acceptors (Lipinski definition) is 2. The predicted molar refractivity (Wildman–Crippen MR) is 75.1 cm³/mol. The van der Waals surface area contributed by atoms with E-state index in [-0.39, 0.29) is 5.78 Å². The van der Waals surface area contributed by atoms with E-state index >= 15 is 0 Å². The summed E-state index contributed by atoms with van der Waals surface area (Å²) in [5.74, 6) is 0.00743. The summed E-state index contributed by atoms with van der Waals surface area (Å²) in [6.45, 7) is 2.02. The number of Topliss-reactive ketones (excluding diaryl/α,β-unsaturated/α-hetero) is 1. The number of hydrogen-bond donors (Lipinski definition) is 1. The number of aryl methyl sites for hydroxylation is 1. The molecule has 2 aromatic rings. The molecular weight excluding hydrogens is 246 g/mol. The zero-order valence-electron chi connectivity index (χ0n) is 10.1. The van der Waals surface area contributed by atoms with Gasteiger partial charge in [-0.1, -0.05) is 41.4 Å². The van der Waals surface area contributed by atoms with Crippen LogP contribution in [0.5, 0.6) is 0 Å². The molecule has 0 heterocycles. The van der Waals surface area contributed by atoms with Crippen molar-refractivity contribution >= 4 is 23.1 Å². The van der Waals surface area contributed by atoms with Crippen LogP contribution in [-0.2, 0) is 6.42 Å². The van der Waals surface area contributed by atoms with Gasteiger partial charge in [-0.05, 0) is 30.7 Å². The van der Waals surface area contributed by atoms with Crippen LogP contribution in [0.2, 0.25) is 5.02 Å². The predicted octanol–water partition coefficient (Wildman–Crippen LogP) is 3.66. The average Bonchev–Trinajstić information content (AvgIpc) is 2.32. The number of carbonyl (C=O) groups excluding carboxylic acids is 1. The van der Waals surface area contributed by atoms with Crippen molar-refractivity contribution in [3.05, 3.63) is 64.2 Å². The van der Waals surface area contributed by atoms with E-state index in [0.717, 1.165) is 5.56 Å². The van der Waals surface area contributed by atoms with Gasteiger partial charge in [-0.25, -0.2) is 0 Å². The molecule has 2 N–H and O–H groups in total. The Balaban J connectivity index is 2.19. The van der Waals surface area contributed by atoms with Gasteiger partial charge in [0, 0.05) is 22.7 Å². The van der Waals surface area contributed by atoms with E-state index in [1.807, 2.05) is 31.2 Å². The van der Waals surface area contributed by atoms with Crippen molar-refractivity contribution in [1.82, 2.24) is 0 Å². The lowest BCUT2D eigenvalue weighted by Gasteiger charge is -2.05. The van der Waals surface area contributed by atoms with Crippen molar-refractivity contribution in [2.75, 3.05) is 5.73 Å². The van der Waals surface area contributed by atoms with Gasteiger partial charge < -0.3 is 5.73 Å². The molecule has 0 amide bonds. The van der Waals surface area contributed by atoms with Crippen LogP contribution < -0.4 is 5.73 Å². The molecule has 2 rings (SSSR count). The van der Waals surface area contributed by atoms with Crippen molar-refractivity contribution in [3.63, 3.8) is 0 Å². The lowest BCUT2D eigenvalue weighted by Crippen LogP contribution is -2.06. The number of ketones is 1. The number of nitrogens with two attached hydrogens (primary N) is 1. The monoisotopic (exact) mass is 259 g/mol. The van der Waals surface area contributed by atoms with Crippen LogP contribution in [0.1, 0.15) is 21.5 Å². The highest BCUT2D eigenvalue weighted by Gasteiger charge is 2.10. The Kier molecular flexibility index (Phi) is 3.68. The fraction of sp³-hybridized carbons (Fsp3) is 0.133. The Morgan fingerprint density at radius 2 is 1.83 bits per heavy atom. The molecule has 0 aromatic heterocycles. The van der Waals surface area contributed by atoms with Crippen LogP contribution in [0.3, 0.4) is 0 Å². The maximum Gasteiger partial charge on any atom is 0.169 e. The largest absolute Gasteiger partial charge is 0.398 e. The fourth-order valence-electron chi connectivity index (χ4n) is 1.77. The van der Waals surface area contributed by atoms with Crippen molar-refractivity contribution in [3.8, 4) is 0 Å². The van der Waals surface area contributed by atoms with E-state index < -0.39 is 0 Å². The number of carbonyl (C=O) groups is 1. The van der Waals surface area contributed by atoms with Gasteiger partial charge in [-0.2, -0.15) is 0 Å². The van der Waals surface area contributed by atoms with Gasteiger partial charge in [0.05, 0.1) is 0 Å². The van der Waals surface area contributed by atoms with Gasteiger partial charge in [-0.15, -0.1) is 0 Å². The fourth-order valence-corrected chi connectivity index (χ4v) is 1.95. The third-order valence-corrected chi connectivity index (χ3v) is 3.03. The Morgan fingerprint density at radius 3 is 2.44 bits per heavy atom. The minimum Gasteiger partial charge on any atom is -0.398 e. The lowest BCUT2D eigenvalue weighted by atomic mass is 10.0. The van der Waals surface area contributed by atoms with Gasteiger partial charge in [0.1, 0.15) is 0 Å². The standard InChI is InChI=1S/C15H14ClNO/c1-10-2-4-11(5-3-10)8-15(18)13-7-6-12(16)9-14(13)17/h2-7,9H,8,17H2,1H3. The van der Waals surface area contributed by atoms with Crippen molar-refractivity contribution in [2.24, 2.45) is 0 Å². The van der Waals surface area contributed by atoms with E-state index in [9.17, 15) is 4.79 Å². The highest BCUT2D eigenvalue weighted by Crippen LogP contribution is 2.20. The first kappa shape index (κ1) is 12.7. The van der Waals surface area contributed by atoms with Crippen LogP contribution in [-0.4, -0.2) is 5.78 Å². The summed E-state index contributed by atoms with van der Waals surface area (Å²) in [4.78, 5) is 12.1. The van der Waals surface area contributed by atoms with E-state index in [1.54, 1.807) is 18.2 Å². The Bertz CT molecular complexity index is 576. The van der Waals surface area contributed by atoms with E-state index in [1.165, 1.54) is 5.56 Å². The van der Waals surface area contributed by atoms with Gasteiger partial charge in [0.2, 0.25) is 0 Å². The first-order valence-corrected chi connectivity index (χ1v) is 6.08. The van der Waals surface area contributed by atoms with E-state index in [4.69, 9.17) is 17.3 Å². The highest BCUT2D eigenvalue weighted by atomic mass is 35.5. The molecule has 0 fully saturated rings. The minimum atomic E-state index is 0.00743. The molecular formula is C15H14ClNO. The van der Waals surface area contributed by atoms with Crippen LogP contribution >= 0.6 is 11.6 Å². The maximum absolute atomic E-state index is 12.1. The summed E-state index contributed by atoms with van der Waals surface area (Å²) in [7, 11) is 0. The molecule has 0 saturated carbocycles. The molecule has 0 atom stereocenters. The summed E-state index contributed by atoms with van der Waals surface area (Å²) in [6.07, 6.45) is 0.353. The molecule has 18 heavy (non-hydrogen) atoms. The van der Waals surface area contributed by atoms with E-state index in [2.05, 4.69) is 0 Å². The molecule has 2 nitrogen and oxygen atoms in total. The zero-order chi connectivity index (χ0) is 13.1. The second kappa shape index (κ2) is 5.23. The minimum absolute atomic E-state index is 0.00743. The summed E-state index contributed by atoms with van der Waals surface area (Å²) >= 11 is 5.81. The van der Waals surface area contributed by atoms with E-state index in [0.29, 0.717) is 22.7 Å². The topological polar surface area (TPSA) is 43.1 Å². The van der Waals surface area contributed by atoms with Gasteiger partial charge >= 0.3 is 0 Å². The molecule has 92 valence electrons. The first-order valence-electron chi connectivity index (χ1n) is 5.70. The van der Waals surface area contributed by atoms with Crippen molar-refractivity contribution < 1.29 is 4.79 Å². The number of anilines is 1. The van der Waals surface area contributed by atoms with Gasteiger partial charge in [0.15, 0.2) is 5.78 Å². The molecule has 3 heteroatoms. The van der Waals surface area contributed by atoms with Crippen LogP contribution in [0, 0.1) is 6.92 Å². The van der Waals surface area contributed by atoms with Crippen molar-refractivity contribution in [2.45, 2.75) is 13.3 Å². The second-order valence-electron chi connectivity index (χ2n) is 4.32. The third kappa shape index (κ3) is 2.90. The Morgan fingerprint density at radius 1 is 1.17 bits per heavy atom. The number of rotatable bonds is 3. The Labute approximate surface area is 111 Å². The molecule has 0 spiro atoms. The second-order valence-corrected chi connectivity index (χ2v) is 4.75. The normalized spacial score (nSPS) is 10.3. The number of benzene rings is 2.